The maximum atomic E-state index is 13.3. The van der Waals surface area contributed by atoms with Crippen molar-refractivity contribution in [2.45, 2.75) is 6.54 Å². The average Bonchev–Trinajstić information content (AvgIpc) is 3.46. The summed E-state index contributed by atoms with van der Waals surface area (Å²) >= 11 is 5.10. The third-order valence-electron chi connectivity index (χ3n) is 5.35. The standard InChI is InChI=1S/C24H22F2N4OS/c25-10-15(11-26)13-30-14-21(16-2-1-3-17(8-16)23(27)32)20-5-4-19(9-22(20)30)29-24(31)18-6-7-28-12-18/h1-9,12,14-15,28H,10-11,13H2,(H2,27,32)(H,29,31). The number of alkyl halides is 2. The number of fused-ring (bicyclic) bond motifs is 1. The van der Waals surface area contributed by atoms with Gasteiger partial charge >= 0.3 is 0 Å². The van der Waals surface area contributed by atoms with Crippen LogP contribution in [0.3, 0.4) is 0 Å². The molecule has 2 heterocycles. The van der Waals surface area contributed by atoms with E-state index in [2.05, 4.69) is 10.3 Å². The van der Waals surface area contributed by atoms with Crippen LogP contribution in [0.5, 0.6) is 0 Å². The van der Waals surface area contributed by atoms with Crippen LogP contribution in [0.25, 0.3) is 22.0 Å². The number of carbonyl (C=O) groups is 1. The first-order valence-corrected chi connectivity index (χ1v) is 10.5. The average molecular weight is 453 g/mol. The number of nitrogens with two attached hydrogens (primary N) is 1. The highest BCUT2D eigenvalue weighted by molar-refractivity contribution is 7.80. The van der Waals surface area contributed by atoms with Gasteiger partial charge in [0, 0.05) is 53.3 Å². The Kier molecular flexibility index (Phi) is 6.32. The Morgan fingerprint density at radius 2 is 1.94 bits per heavy atom. The predicted molar refractivity (Wildman–Crippen MR) is 127 cm³/mol. The van der Waals surface area contributed by atoms with E-state index in [0.29, 0.717) is 16.2 Å². The van der Waals surface area contributed by atoms with Gasteiger partial charge < -0.3 is 20.6 Å². The maximum absolute atomic E-state index is 13.3. The van der Waals surface area contributed by atoms with Crippen LogP contribution in [0, 0.1) is 5.92 Å². The zero-order valence-electron chi connectivity index (χ0n) is 17.1. The van der Waals surface area contributed by atoms with Crippen molar-refractivity contribution in [3.8, 4) is 11.1 Å². The van der Waals surface area contributed by atoms with E-state index < -0.39 is 19.3 Å². The number of H-pyrrole nitrogens is 1. The lowest BCUT2D eigenvalue weighted by atomic mass is 10.0. The van der Waals surface area contributed by atoms with E-state index in [4.69, 9.17) is 18.0 Å². The van der Waals surface area contributed by atoms with Crippen molar-refractivity contribution in [3.63, 3.8) is 0 Å². The second kappa shape index (κ2) is 9.32. The molecular weight excluding hydrogens is 430 g/mol. The number of halogens is 2. The normalized spacial score (nSPS) is 11.2. The second-order valence-electron chi connectivity index (χ2n) is 7.60. The minimum atomic E-state index is -0.758. The Labute approximate surface area is 189 Å². The van der Waals surface area contributed by atoms with Gasteiger partial charge in [0.2, 0.25) is 0 Å². The Morgan fingerprint density at radius 1 is 1.12 bits per heavy atom. The van der Waals surface area contributed by atoms with E-state index in [1.54, 1.807) is 24.5 Å². The molecule has 32 heavy (non-hydrogen) atoms. The molecule has 0 aliphatic carbocycles. The third-order valence-corrected chi connectivity index (χ3v) is 5.59. The number of carbonyl (C=O) groups excluding carboxylic acids is 1. The van der Waals surface area contributed by atoms with E-state index in [1.165, 1.54) is 0 Å². The molecule has 0 aliphatic heterocycles. The van der Waals surface area contributed by atoms with Crippen molar-refractivity contribution < 1.29 is 13.6 Å². The van der Waals surface area contributed by atoms with Crippen LogP contribution in [0.2, 0.25) is 0 Å². The van der Waals surface area contributed by atoms with Gasteiger partial charge in [0.25, 0.3) is 5.91 Å². The first-order chi connectivity index (χ1) is 15.5. The lowest BCUT2D eigenvalue weighted by Gasteiger charge is -2.12. The fourth-order valence-corrected chi connectivity index (χ4v) is 3.80. The second-order valence-corrected chi connectivity index (χ2v) is 8.04. The first kappa shape index (κ1) is 21.7. The smallest absolute Gasteiger partial charge is 0.257 e. The van der Waals surface area contributed by atoms with Crippen LogP contribution in [0.15, 0.2) is 67.1 Å². The van der Waals surface area contributed by atoms with Gasteiger partial charge in [-0.15, -0.1) is 0 Å². The number of benzene rings is 2. The van der Waals surface area contributed by atoms with Gasteiger partial charge in [-0.1, -0.05) is 36.5 Å². The summed E-state index contributed by atoms with van der Waals surface area (Å²) < 4.78 is 28.4. The molecule has 0 radical (unpaired) electrons. The zero-order valence-corrected chi connectivity index (χ0v) is 18.0. The van der Waals surface area contributed by atoms with Crippen molar-refractivity contribution in [3.05, 3.63) is 78.2 Å². The largest absolute Gasteiger partial charge is 0.389 e. The van der Waals surface area contributed by atoms with Crippen molar-refractivity contribution in [2.75, 3.05) is 18.7 Å². The third kappa shape index (κ3) is 4.40. The number of nitrogens with one attached hydrogen (secondary N) is 2. The molecule has 4 rings (SSSR count). The molecular formula is C24H22F2N4OS. The fraction of sp³-hybridized carbons (Fsp3) is 0.167. The summed E-state index contributed by atoms with van der Waals surface area (Å²) in [5.41, 5.74) is 10.2. The van der Waals surface area contributed by atoms with Gasteiger partial charge in [0.15, 0.2) is 0 Å². The Balaban J connectivity index is 1.78. The van der Waals surface area contributed by atoms with Gasteiger partial charge in [0.05, 0.1) is 24.4 Å². The van der Waals surface area contributed by atoms with E-state index in [9.17, 15) is 13.6 Å². The Morgan fingerprint density at radius 3 is 2.62 bits per heavy atom. The molecule has 0 aliphatic rings. The molecule has 0 spiro atoms. The summed E-state index contributed by atoms with van der Waals surface area (Å²) in [7, 11) is 0. The molecule has 2 aromatic carbocycles. The minimum Gasteiger partial charge on any atom is -0.389 e. The van der Waals surface area contributed by atoms with Crippen LogP contribution in [-0.2, 0) is 6.54 Å². The first-order valence-electron chi connectivity index (χ1n) is 10.1. The van der Waals surface area contributed by atoms with E-state index in [0.717, 1.165) is 27.6 Å². The highest BCUT2D eigenvalue weighted by atomic mass is 32.1. The summed E-state index contributed by atoms with van der Waals surface area (Å²) in [5, 5.41) is 3.75. The molecule has 0 saturated heterocycles. The Bertz CT molecular complexity index is 1260. The number of thiocarbonyl (C=S) groups is 1. The molecule has 0 fully saturated rings. The highest BCUT2D eigenvalue weighted by Gasteiger charge is 2.16. The molecule has 0 bridgehead atoms. The lowest BCUT2D eigenvalue weighted by molar-refractivity contribution is 0.102. The number of rotatable bonds is 8. The van der Waals surface area contributed by atoms with Crippen molar-refractivity contribution >= 4 is 39.7 Å². The van der Waals surface area contributed by atoms with Crippen LogP contribution in [-0.4, -0.2) is 33.8 Å². The monoisotopic (exact) mass is 452 g/mol. The summed E-state index contributed by atoms with van der Waals surface area (Å²) in [6.07, 6.45) is 5.15. The summed E-state index contributed by atoms with van der Waals surface area (Å²) in [5.74, 6) is -1.00. The van der Waals surface area contributed by atoms with Gasteiger partial charge in [-0.2, -0.15) is 0 Å². The van der Waals surface area contributed by atoms with Crippen LogP contribution in [0.1, 0.15) is 15.9 Å². The number of aromatic amines is 1. The SMILES string of the molecule is NC(=S)c1cccc(-c2cn(CC(CF)CF)c3cc(NC(=O)c4cc[nH]c4)ccc23)c1. The topological polar surface area (TPSA) is 75.8 Å². The van der Waals surface area contributed by atoms with Gasteiger partial charge in [0.1, 0.15) is 4.99 Å². The zero-order chi connectivity index (χ0) is 22.7. The highest BCUT2D eigenvalue weighted by Crippen LogP contribution is 2.33. The van der Waals surface area contributed by atoms with Crippen molar-refractivity contribution in [1.29, 1.82) is 0 Å². The van der Waals surface area contributed by atoms with Gasteiger partial charge in [-0.05, 0) is 29.8 Å². The number of aromatic nitrogens is 2. The molecule has 0 saturated carbocycles. The molecule has 5 nitrogen and oxygen atoms in total. The molecule has 0 unspecified atom stereocenters. The number of anilines is 1. The molecule has 164 valence electrons. The maximum Gasteiger partial charge on any atom is 0.257 e. The Hall–Kier alpha value is -3.52. The number of amides is 1. The van der Waals surface area contributed by atoms with E-state index in [-0.39, 0.29) is 12.5 Å². The summed E-state index contributed by atoms with van der Waals surface area (Å²) in [6, 6.07) is 14.7. The van der Waals surface area contributed by atoms with Crippen LogP contribution >= 0.6 is 12.2 Å². The molecule has 4 aromatic rings. The van der Waals surface area contributed by atoms with E-state index >= 15 is 0 Å². The van der Waals surface area contributed by atoms with Crippen molar-refractivity contribution in [1.82, 2.24) is 9.55 Å². The minimum absolute atomic E-state index is 0.174. The summed E-state index contributed by atoms with van der Waals surface area (Å²) in [4.78, 5) is 15.6. The lowest BCUT2D eigenvalue weighted by Crippen LogP contribution is -2.14. The molecule has 1 amide bonds. The van der Waals surface area contributed by atoms with Gasteiger partial charge in [-0.25, -0.2) is 0 Å². The molecule has 2 aromatic heterocycles. The molecule has 8 heteroatoms. The summed E-state index contributed by atoms with van der Waals surface area (Å²) in [6.45, 7) is -1.34. The molecule has 0 atom stereocenters. The van der Waals surface area contributed by atoms with Gasteiger partial charge in [-0.3, -0.25) is 13.6 Å². The van der Waals surface area contributed by atoms with Crippen LogP contribution < -0.4 is 11.1 Å². The predicted octanol–water partition coefficient (Wildman–Crippen LogP) is 5.08. The number of hydrogen-bond acceptors (Lipinski definition) is 2. The quantitative estimate of drug-likeness (QED) is 0.327. The van der Waals surface area contributed by atoms with Crippen LogP contribution in [0.4, 0.5) is 14.5 Å². The van der Waals surface area contributed by atoms with Crippen molar-refractivity contribution in [2.24, 2.45) is 11.7 Å². The number of nitrogens with zero attached hydrogens (tertiary/aromatic N) is 1. The van der Waals surface area contributed by atoms with E-state index in [1.807, 2.05) is 47.2 Å². The molecule has 4 N–H and O–H groups in total. The fourth-order valence-electron chi connectivity index (χ4n) is 3.68. The number of hydrogen-bond donors (Lipinski definition) is 3.